The third-order valence-corrected chi connectivity index (χ3v) is 9.74. The Morgan fingerprint density at radius 3 is 1.95 bits per heavy atom. The number of aromatic nitrogens is 3. The third-order valence-electron chi connectivity index (χ3n) is 9.74. The molecule has 10 rings (SSSR count). The number of hydrogen-bond acceptors (Lipinski definition) is 2. The zero-order chi connectivity index (χ0) is 28.8. The van der Waals surface area contributed by atoms with Crippen molar-refractivity contribution in [1.82, 2.24) is 14.5 Å². The molecule has 2 unspecified atom stereocenters. The summed E-state index contributed by atoms with van der Waals surface area (Å²) in [5.74, 6) is 1.82. The highest BCUT2D eigenvalue weighted by Crippen LogP contribution is 2.65. The van der Waals surface area contributed by atoms with Gasteiger partial charge in [0.2, 0.25) is 0 Å². The van der Waals surface area contributed by atoms with Crippen LogP contribution >= 0.6 is 0 Å². The normalized spacial score (nSPS) is 16.5. The number of hydrogen-bond donors (Lipinski definition) is 0. The largest absolute Gasteiger partial charge is 0.305 e. The molecule has 0 bridgehead atoms. The molecule has 1 saturated carbocycles. The molecule has 2 aliphatic carbocycles. The molecule has 2 aromatic heterocycles. The highest BCUT2D eigenvalue weighted by Gasteiger charge is 2.48. The minimum absolute atomic E-state index is 0.512. The van der Waals surface area contributed by atoms with E-state index in [0.717, 1.165) is 28.3 Å². The van der Waals surface area contributed by atoms with E-state index in [1.807, 2.05) is 18.2 Å². The summed E-state index contributed by atoms with van der Waals surface area (Å²) in [6, 6.07) is 47.8. The van der Waals surface area contributed by atoms with E-state index in [1.165, 1.54) is 61.3 Å². The number of rotatable bonds is 3. The summed E-state index contributed by atoms with van der Waals surface area (Å²) >= 11 is 0. The Hall–Kier alpha value is -5.54. The van der Waals surface area contributed by atoms with Crippen LogP contribution in [0.4, 0.5) is 0 Å². The van der Waals surface area contributed by atoms with Gasteiger partial charge in [0.05, 0.1) is 28.8 Å². The highest BCUT2D eigenvalue weighted by atomic mass is 15.1. The lowest BCUT2D eigenvalue weighted by atomic mass is 9.87. The molecule has 0 spiro atoms. The fourth-order valence-corrected chi connectivity index (χ4v) is 7.81. The van der Waals surface area contributed by atoms with Gasteiger partial charge in [-0.15, -0.1) is 0 Å². The SMILES string of the molecule is c1ccc(-c2ncc(-n3c4c(c5c6ccccc6c6ccccc6c53)C3CC3c3ccccc3-4)c(-c3ccccc3)n2)cc1. The van der Waals surface area contributed by atoms with Gasteiger partial charge >= 0.3 is 0 Å². The van der Waals surface area contributed by atoms with Gasteiger partial charge in [-0.05, 0) is 45.5 Å². The van der Waals surface area contributed by atoms with Crippen molar-refractivity contribution in [2.24, 2.45) is 0 Å². The summed E-state index contributed by atoms with van der Waals surface area (Å²) in [4.78, 5) is 10.4. The molecule has 0 amide bonds. The second-order valence-electron chi connectivity index (χ2n) is 12.1. The lowest BCUT2D eigenvalue weighted by molar-refractivity contribution is 0.981. The van der Waals surface area contributed by atoms with Crippen molar-refractivity contribution in [3.63, 3.8) is 0 Å². The fourth-order valence-electron chi connectivity index (χ4n) is 7.81. The van der Waals surface area contributed by atoms with Gasteiger partial charge in [0.1, 0.15) is 0 Å². The summed E-state index contributed by atoms with van der Waals surface area (Å²) in [5, 5.41) is 6.55. The molecule has 3 heteroatoms. The van der Waals surface area contributed by atoms with Crippen LogP contribution in [0.15, 0.2) is 140 Å². The predicted octanol–water partition coefficient (Wildman–Crippen LogP) is 10.3. The van der Waals surface area contributed by atoms with Crippen LogP contribution in [0.25, 0.3) is 72.0 Å². The first-order valence-electron chi connectivity index (χ1n) is 15.4. The van der Waals surface area contributed by atoms with Crippen molar-refractivity contribution in [3.8, 4) is 39.6 Å². The lowest BCUT2D eigenvalue weighted by Gasteiger charge is -2.21. The summed E-state index contributed by atoms with van der Waals surface area (Å²) in [5.41, 5.74) is 10.9. The van der Waals surface area contributed by atoms with Gasteiger partial charge in [-0.2, -0.15) is 0 Å². The summed E-state index contributed by atoms with van der Waals surface area (Å²) in [7, 11) is 0. The third kappa shape index (κ3) is 3.27. The maximum atomic E-state index is 5.32. The molecule has 44 heavy (non-hydrogen) atoms. The Morgan fingerprint density at radius 2 is 1.18 bits per heavy atom. The van der Waals surface area contributed by atoms with E-state index >= 15 is 0 Å². The first-order chi connectivity index (χ1) is 21.9. The van der Waals surface area contributed by atoms with Gasteiger partial charge in [-0.3, -0.25) is 0 Å². The standard InChI is InChI=1S/C41H27N3/c1-3-13-25(14-4-1)38-35(24-42-41(43-38)26-15-5-2-6-16-26)44-39-31-21-11-8-18-28(31)27-17-7-10-20-30(27)36(39)37-34-23-33(34)29-19-9-12-22-32(29)40(37)44/h1-22,24,33-34H,23H2. The van der Waals surface area contributed by atoms with Crippen LogP contribution in [0.2, 0.25) is 0 Å². The van der Waals surface area contributed by atoms with Crippen LogP contribution in [-0.2, 0) is 0 Å². The number of fused-ring (bicyclic) bond motifs is 13. The molecule has 2 heterocycles. The van der Waals surface area contributed by atoms with Gasteiger partial charge < -0.3 is 4.57 Å². The minimum atomic E-state index is 0.512. The second kappa shape index (κ2) is 8.98. The van der Waals surface area contributed by atoms with E-state index in [9.17, 15) is 0 Å². The first-order valence-corrected chi connectivity index (χ1v) is 15.4. The Kier molecular flexibility index (Phi) is 4.89. The molecular formula is C41H27N3. The lowest BCUT2D eigenvalue weighted by Crippen LogP contribution is -2.07. The maximum Gasteiger partial charge on any atom is 0.159 e. The number of nitrogens with zero attached hydrogens (tertiary/aromatic N) is 3. The summed E-state index contributed by atoms with van der Waals surface area (Å²) in [6.45, 7) is 0. The molecule has 0 radical (unpaired) electrons. The van der Waals surface area contributed by atoms with Gasteiger partial charge in [0, 0.05) is 27.5 Å². The van der Waals surface area contributed by atoms with Crippen LogP contribution in [0.3, 0.4) is 0 Å². The Balaban J connectivity index is 1.42. The van der Waals surface area contributed by atoms with Crippen molar-refractivity contribution in [2.45, 2.75) is 18.3 Å². The van der Waals surface area contributed by atoms with E-state index in [2.05, 4.69) is 126 Å². The molecule has 6 aromatic carbocycles. The van der Waals surface area contributed by atoms with Gasteiger partial charge in [0.15, 0.2) is 5.82 Å². The Labute approximate surface area is 255 Å². The minimum Gasteiger partial charge on any atom is -0.305 e. The molecule has 2 atom stereocenters. The van der Waals surface area contributed by atoms with Crippen LogP contribution in [0.1, 0.15) is 29.4 Å². The zero-order valence-electron chi connectivity index (χ0n) is 24.0. The molecule has 1 fully saturated rings. The summed E-state index contributed by atoms with van der Waals surface area (Å²) in [6.07, 6.45) is 3.25. The molecule has 2 aliphatic rings. The van der Waals surface area contributed by atoms with Gasteiger partial charge in [0.25, 0.3) is 0 Å². The van der Waals surface area contributed by atoms with Crippen molar-refractivity contribution in [2.75, 3.05) is 0 Å². The molecule has 0 N–H and O–H groups in total. The molecular weight excluding hydrogens is 534 g/mol. The molecule has 3 nitrogen and oxygen atoms in total. The van der Waals surface area contributed by atoms with E-state index in [-0.39, 0.29) is 0 Å². The zero-order valence-corrected chi connectivity index (χ0v) is 24.0. The highest BCUT2D eigenvalue weighted by molar-refractivity contribution is 6.27. The monoisotopic (exact) mass is 561 g/mol. The number of benzene rings is 6. The topological polar surface area (TPSA) is 30.7 Å². The van der Waals surface area contributed by atoms with Gasteiger partial charge in [-0.25, -0.2) is 9.97 Å². The second-order valence-corrected chi connectivity index (χ2v) is 12.1. The van der Waals surface area contributed by atoms with Crippen LogP contribution in [-0.4, -0.2) is 14.5 Å². The maximum absolute atomic E-state index is 5.32. The molecule has 8 aromatic rings. The Morgan fingerprint density at radius 1 is 0.568 bits per heavy atom. The van der Waals surface area contributed by atoms with Crippen LogP contribution in [0, 0.1) is 0 Å². The Bertz CT molecular complexity index is 2420. The first kappa shape index (κ1) is 24.0. The predicted molar refractivity (Wildman–Crippen MR) is 180 cm³/mol. The van der Waals surface area contributed by atoms with E-state index in [0.29, 0.717) is 11.8 Å². The van der Waals surface area contributed by atoms with E-state index in [1.54, 1.807) is 0 Å². The van der Waals surface area contributed by atoms with Crippen molar-refractivity contribution in [1.29, 1.82) is 0 Å². The average Bonchev–Trinajstić information content (AvgIpc) is 3.83. The van der Waals surface area contributed by atoms with Crippen LogP contribution in [0.5, 0.6) is 0 Å². The van der Waals surface area contributed by atoms with Gasteiger partial charge in [-0.1, -0.05) is 133 Å². The quantitative estimate of drug-likeness (QED) is 0.201. The average molecular weight is 562 g/mol. The van der Waals surface area contributed by atoms with Crippen LogP contribution < -0.4 is 0 Å². The van der Waals surface area contributed by atoms with E-state index < -0.39 is 0 Å². The molecule has 0 aliphatic heterocycles. The van der Waals surface area contributed by atoms with Crippen molar-refractivity contribution in [3.05, 3.63) is 151 Å². The fraction of sp³-hybridized carbons (Fsp3) is 0.0732. The van der Waals surface area contributed by atoms with Crippen molar-refractivity contribution >= 4 is 32.4 Å². The smallest absolute Gasteiger partial charge is 0.159 e. The summed E-state index contributed by atoms with van der Waals surface area (Å²) < 4.78 is 2.52. The van der Waals surface area contributed by atoms with Crippen molar-refractivity contribution < 1.29 is 0 Å². The molecule has 0 saturated heterocycles. The van der Waals surface area contributed by atoms with E-state index in [4.69, 9.17) is 9.97 Å². The molecule has 206 valence electrons.